The van der Waals surface area contributed by atoms with Crippen LogP contribution in [0, 0.1) is 0 Å². The van der Waals surface area contributed by atoms with E-state index in [-0.39, 0.29) is 58.8 Å². The largest absolute Gasteiger partial charge is 0.507 e. The topological polar surface area (TPSA) is 157 Å². The second-order valence-corrected chi connectivity index (χ2v) is 13.1. The van der Waals surface area contributed by atoms with Gasteiger partial charge in [-0.1, -0.05) is 30.4 Å². The number of hydrogen-bond acceptors (Lipinski definition) is 9. The van der Waals surface area contributed by atoms with E-state index >= 15 is 0 Å². The Morgan fingerprint density at radius 2 is 1.82 bits per heavy atom. The Hall–Kier alpha value is -5.50. The number of rotatable bonds is 8. The van der Waals surface area contributed by atoms with Gasteiger partial charge in [-0.05, 0) is 33.5 Å². The molecule has 0 fully saturated rings. The Kier molecular flexibility index (Phi) is 8.21. The van der Waals surface area contributed by atoms with E-state index in [1.165, 1.54) is 34.2 Å². The number of ketones is 2. The van der Waals surface area contributed by atoms with Gasteiger partial charge in [0.05, 0.1) is 42.3 Å². The zero-order chi connectivity index (χ0) is 35.6. The summed E-state index contributed by atoms with van der Waals surface area (Å²) in [4.78, 5) is 72.9. The fourth-order valence-electron chi connectivity index (χ4n) is 7.33. The van der Waals surface area contributed by atoms with Crippen molar-refractivity contribution in [2.24, 2.45) is 7.05 Å². The van der Waals surface area contributed by atoms with Gasteiger partial charge in [0.25, 0.3) is 5.56 Å². The van der Waals surface area contributed by atoms with Crippen LogP contribution in [-0.4, -0.2) is 54.4 Å². The molecule has 0 bridgehead atoms. The number of halogens is 1. The standard InChI is InChI=1S/C36H32BrN5O8/c1-5-7-18-8-6-9-20(32(18)44)30-19-10-13-41-35(47)40(36(48)42(41)25(19)14-21-31(30)27(43)15-22(37)33(21)45)12-11-23-34(46)39(2)26-17-29(50-4)28(49-3)16-24(26)38-23/h5-6,8-10,15-17,25,30,44H,1,7,11-14H2,2-4H3. The van der Waals surface area contributed by atoms with E-state index in [9.17, 15) is 29.1 Å². The number of benzene rings is 2. The summed E-state index contributed by atoms with van der Waals surface area (Å²) >= 11 is 3.22. The van der Waals surface area contributed by atoms with E-state index in [0.29, 0.717) is 45.7 Å². The summed E-state index contributed by atoms with van der Waals surface area (Å²) in [6.07, 6.45) is 5.02. The maximum absolute atomic E-state index is 14.1. The third kappa shape index (κ3) is 4.96. The van der Waals surface area contributed by atoms with Crippen molar-refractivity contribution in [1.82, 2.24) is 23.5 Å². The van der Waals surface area contributed by atoms with Gasteiger partial charge in [-0.3, -0.25) is 14.4 Å². The number of aromatic hydroxyl groups is 1. The summed E-state index contributed by atoms with van der Waals surface area (Å²) in [5, 5.41) is 11.4. The molecule has 14 heteroatoms. The lowest BCUT2D eigenvalue weighted by Gasteiger charge is -2.39. The van der Waals surface area contributed by atoms with Crippen molar-refractivity contribution >= 4 is 38.5 Å². The molecule has 50 heavy (non-hydrogen) atoms. The van der Waals surface area contributed by atoms with Crippen molar-refractivity contribution in [3.63, 3.8) is 0 Å². The van der Waals surface area contributed by atoms with E-state index < -0.39 is 34.7 Å². The molecule has 4 aromatic rings. The van der Waals surface area contributed by atoms with Crippen LogP contribution in [0.4, 0.5) is 0 Å². The van der Waals surface area contributed by atoms with Crippen molar-refractivity contribution in [2.45, 2.75) is 44.3 Å². The fourth-order valence-corrected chi connectivity index (χ4v) is 7.77. The van der Waals surface area contributed by atoms with Crippen LogP contribution in [-0.2, 0) is 42.6 Å². The van der Waals surface area contributed by atoms with Gasteiger partial charge in [-0.2, -0.15) is 0 Å². The number of Topliss-reactive ketones (excluding diaryl/α,β-unsaturated/α-hetero) is 1. The highest BCUT2D eigenvalue weighted by atomic mass is 79.9. The number of methoxy groups -OCH3 is 2. The van der Waals surface area contributed by atoms with E-state index in [4.69, 9.17) is 9.47 Å². The highest BCUT2D eigenvalue weighted by Gasteiger charge is 2.45. The van der Waals surface area contributed by atoms with Crippen molar-refractivity contribution in [1.29, 1.82) is 0 Å². The average Bonchev–Trinajstić information content (AvgIpc) is 3.36. The predicted octanol–water partition coefficient (Wildman–Crippen LogP) is 3.15. The first-order valence-electron chi connectivity index (χ1n) is 15.8. The zero-order valence-electron chi connectivity index (χ0n) is 27.4. The maximum atomic E-state index is 14.1. The molecule has 2 aromatic carbocycles. The molecule has 7 rings (SSSR count). The Labute approximate surface area is 292 Å². The molecule has 1 aliphatic heterocycles. The Morgan fingerprint density at radius 1 is 1.08 bits per heavy atom. The van der Waals surface area contributed by atoms with E-state index in [0.717, 1.165) is 4.57 Å². The second kappa shape index (κ2) is 12.4. The Bertz CT molecular complexity index is 2460. The average molecular weight is 743 g/mol. The van der Waals surface area contributed by atoms with Gasteiger partial charge in [-0.25, -0.2) is 28.5 Å². The summed E-state index contributed by atoms with van der Waals surface area (Å²) in [6.45, 7) is 3.64. The third-order valence-corrected chi connectivity index (χ3v) is 10.3. The molecular formula is C36H32BrN5O8. The zero-order valence-corrected chi connectivity index (χ0v) is 29.0. The number of allylic oxidation sites excluding steroid dienone is 7. The van der Waals surface area contributed by atoms with Crippen LogP contribution in [0.3, 0.4) is 0 Å². The number of aryl methyl sites for hydroxylation is 2. The number of hydrogen-bond donors (Lipinski definition) is 1. The molecule has 13 nitrogen and oxygen atoms in total. The van der Waals surface area contributed by atoms with Crippen molar-refractivity contribution in [3.8, 4) is 17.2 Å². The third-order valence-electron chi connectivity index (χ3n) is 9.72. The highest BCUT2D eigenvalue weighted by molar-refractivity contribution is 9.12. The number of phenolic OH excluding ortho intramolecular Hbond substituents is 1. The summed E-state index contributed by atoms with van der Waals surface area (Å²) in [5.41, 5.74) is 1.60. The molecule has 3 aliphatic rings. The normalized spacial score (nSPS) is 18.3. The number of ether oxygens (including phenoxy) is 2. The van der Waals surface area contributed by atoms with Gasteiger partial charge >= 0.3 is 11.4 Å². The van der Waals surface area contributed by atoms with Crippen molar-refractivity contribution < 1.29 is 24.2 Å². The van der Waals surface area contributed by atoms with Crippen molar-refractivity contribution in [2.75, 3.05) is 14.2 Å². The first kappa shape index (κ1) is 33.0. The van der Waals surface area contributed by atoms with Crippen LogP contribution in [0.15, 0.2) is 90.7 Å². The number of nitrogens with zero attached hydrogens (tertiary/aromatic N) is 5. The molecule has 0 radical (unpaired) electrons. The number of para-hydroxylation sites is 1. The van der Waals surface area contributed by atoms with Crippen LogP contribution in [0.2, 0.25) is 0 Å². The quantitative estimate of drug-likeness (QED) is 0.212. The van der Waals surface area contributed by atoms with E-state index in [1.54, 1.807) is 49.5 Å². The first-order chi connectivity index (χ1) is 24.0. The summed E-state index contributed by atoms with van der Waals surface area (Å²) in [5.74, 6) is -0.788. The number of carbonyl (C=O) groups excluding carboxylic acids is 2. The van der Waals surface area contributed by atoms with E-state index in [1.807, 2.05) is 0 Å². The van der Waals surface area contributed by atoms with Crippen LogP contribution >= 0.6 is 15.9 Å². The van der Waals surface area contributed by atoms with Gasteiger partial charge in [0.1, 0.15) is 11.4 Å². The van der Waals surface area contributed by atoms with Gasteiger partial charge in [0, 0.05) is 67.3 Å². The smallest absolute Gasteiger partial charge is 0.347 e. The molecule has 2 unspecified atom stereocenters. The fraction of sp³-hybridized carbons (Fsp3) is 0.278. The SMILES string of the molecule is C=CCc1cccc(C2C3=CCn4c(=O)n(CCc5nc6cc(OC)c(OC)cc6n(C)c5=O)c(=O)n4C3CC3=C2C(=O)C=C(Br)C3=O)c1O. The van der Waals surface area contributed by atoms with Crippen LogP contribution < -0.4 is 26.4 Å². The van der Waals surface area contributed by atoms with Gasteiger partial charge < -0.3 is 19.1 Å². The lowest BCUT2D eigenvalue weighted by atomic mass is 9.68. The monoisotopic (exact) mass is 741 g/mol. The lowest BCUT2D eigenvalue weighted by molar-refractivity contribution is -0.115. The summed E-state index contributed by atoms with van der Waals surface area (Å²) in [6, 6.07) is 7.72. The molecule has 0 spiro atoms. The summed E-state index contributed by atoms with van der Waals surface area (Å²) in [7, 11) is 4.59. The molecule has 0 amide bonds. The van der Waals surface area contributed by atoms with Crippen LogP contribution in [0.1, 0.15) is 35.2 Å². The predicted molar refractivity (Wildman–Crippen MR) is 187 cm³/mol. The molecule has 2 atom stereocenters. The molecule has 0 saturated carbocycles. The van der Waals surface area contributed by atoms with E-state index in [2.05, 4.69) is 27.5 Å². The molecule has 2 aromatic heterocycles. The van der Waals surface area contributed by atoms with Gasteiger partial charge in [0.2, 0.25) is 0 Å². The molecular weight excluding hydrogens is 710 g/mol. The number of aromatic nitrogens is 5. The van der Waals surface area contributed by atoms with Gasteiger partial charge in [0.15, 0.2) is 23.1 Å². The lowest BCUT2D eigenvalue weighted by Crippen LogP contribution is -2.40. The van der Waals surface area contributed by atoms with Crippen LogP contribution in [0.5, 0.6) is 17.2 Å². The highest BCUT2D eigenvalue weighted by Crippen LogP contribution is 2.52. The molecule has 0 saturated heterocycles. The number of phenols is 1. The Morgan fingerprint density at radius 3 is 2.54 bits per heavy atom. The van der Waals surface area contributed by atoms with Crippen LogP contribution in [0.25, 0.3) is 11.0 Å². The molecule has 1 N–H and O–H groups in total. The second-order valence-electron chi connectivity index (χ2n) is 12.3. The minimum Gasteiger partial charge on any atom is -0.507 e. The maximum Gasteiger partial charge on any atom is 0.347 e. The molecule has 256 valence electrons. The minimum absolute atomic E-state index is 0.0123. The van der Waals surface area contributed by atoms with Gasteiger partial charge in [-0.15, -0.1) is 6.58 Å². The molecule has 2 aliphatic carbocycles. The molecule has 3 heterocycles. The summed E-state index contributed by atoms with van der Waals surface area (Å²) < 4.78 is 16.0. The minimum atomic E-state index is -0.846. The number of carbonyl (C=O) groups is 2. The number of fused-ring (bicyclic) bond motifs is 4. The Balaban J connectivity index is 1.31. The first-order valence-corrected chi connectivity index (χ1v) is 16.6. The van der Waals surface area contributed by atoms with Crippen molar-refractivity contribution in [3.05, 3.63) is 124 Å².